The minimum atomic E-state index is -4.89. The molecule has 0 aliphatic carbocycles. The Kier molecular flexibility index (Phi) is 4.96. The minimum Gasteiger partial charge on any atom is -0.423 e. The lowest BCUT2D eigenvalue weighted by Gasteiger charge is -2.11. The number of anilines is 1. The summed E-state index contributed by atoms with van der Waals surface area (Å²) >= 11 is 6.97. The van der Waals surface area contributed by atoms with E-state index >= 15 is 0 Å². The van der Waals surface area contributed by atoms with Crippen molar-refractivity contribution in [1.29, 1.82) is 5.26 Å². The van der Waals surface area contributed by atoms with Crippen molar-refractivity contribution >= 4 is 40.1 Å². The van der Waals surface area contributed by atoms with Gasteiger partial charge in [-0.3, -0.25) is 0 Å². The molecule has 0 unspecified atom stereocenters. The smallest absolute Gasteiger partial charge is 0.423 e. The lowest BCUT2D eigenvalue weighted by atomic mass is 10.3. The zero-order chi connectivity index (χ0) is 21.5. The van der Waals surface area contributed by atoms with E-state index in [-0.39, 0.29) is 22.1 Å². The van der Waals surface area contributed by atoms with E-state index in [1.165, 1.54) is 23.3 Å². The van der Waals surface area contributed by atoms with Crippen molar-refractivity contribution in [2.24, 2.45) is 0 Å². The molecule has 3 heterocycles. The zero-order valence-electron chi connectivity index (χ0n) is 14.8. The standard InChI is InChI=1S/C16H9ClF3N7O2S/c1-7(13-23-6-24-27(13)15-22-5-8(4-21)30-15)25-14-26-10-3-11(29-16(18,19)20)9(17)2-12(10)28-14/h2-3,5-7H,1H3,(H,25,26)/t7-/m0/s1. The highest BCUT2D eigenvalue weighted by atomic mass is 35.5. The molecule has 4 rings (SSSR count). The van der Waals surface area contributed by atoms with Crippen LogP contribution in [0.25, 0.3) is 16.2 Å². The first-order chi connectivity index (χ1) is 14.2. The SMILES string of the molecule is C[C@H](Nc1nc2cc(OC(F)(F)F)c(Cl)cc2o1)c1ncnn1-c1ncc(C#N)s1. The van der Waals surface area contributed by atoms with Crippen LogP contribution in [0.3, 0.4) is 0 Å². The van der Waals surface area contributed by atoms with Crippen LogP contribution in [0.5, 0.6) is 5.75 Å². The summed E-state index contributed by atoms with van der Waals surface area (Å²) in [6.45, 7) is 1.75. The highest BCUT2D eigenvalue weighted by Crippen LogP contribution is 2.35. The molecule has 0 radical (unpaired) electrons. The average Bonchev–Trinajstić information content (AvgIpc) is 3.39. The van der Waals surface area contributed by atoms with Crippen molar-refractivity contribution in [2.45, 2.75) is 19.3 Å². The number of nitriles is 1. The van der Waals surface area contributed by atoms with Crippen LogP contribution in [0.15, 0.2) is 29.1 Å². The van der Waals surface area contributed by atoms with Crippen LogP contribution in [0.2, 0.25) is 5.02 Å². The molecule has 0 aliphatic heterocycles. The molecule has 1 aromatic carbocycles. The van der Waals surface area contributed by atoms with Crippen LogP contribution in [0.1, 0.15) is 23.7 Å². The lowest BCUT2D eigenvalue weighted by Crippen LogP contribution is -2.17. The quantitative estimate of drug-likeness (QED) is 0.469. The Morgan fingerprint density at radius 2 is 2.17 bits per heavy atom. The molecular weight excluding hydrogens is 447 g/mol. The fourth-order valence-corrected chi connectivity index (χ4v) is 3.42. The van der Waals surface area contributed by atoms with Crippen LogP contribution < -0.4 is 10.1 Å². The Morgan fingerprint density at radius 3 is 2.87 bits per heavy atom. The summed E-state index contributed by atoms with van der Waals surface area (Å²) in [6.07, 6.45) is -2.13. The van der Waals surface area contributed by atoms with Crippen molar-refractivity contribution in [1.82, 2.24) is 24.7 Å². The van der Waals surface area contributed by atoms with Gasteiger partial charge in [-0.15, -0.1) is 13.2 Å². The van der Waals surface area contributed by atoms with Gasteiger partial charge in [-0.25, -0.2) is 9.97 Å². The van der Waals surface area contributed by atoms with Crippen LogP contribution in [0, 0.1) is 11.3 Å². The van der Waals surface area contributed by atoms with Crippen molar-refractivity contribution in [2.75, 3.05) is 5.32 Å². The monoisotopic (exact) mass is 455 g/mol. The maximum atomic E-state index is 12.5. The molecule has 0 aliphatic rings. The Balaban J connectivity index is 1.59. The van der Waals surface area contributed by atoms with E-state index in [0.29, 0.717) is 15.8 Å². The number of nitrogens with zero attached hydrogens (tertiary/aromatic N) is 6. The molecule has 0 saturated heterocycles. The second-order valence-corrected chi connectivity index (χ2v) is 7.25. The molecule has 0 saturated carbocycles. The van der Waals surface area contributed by atoms with Crippen molar-refractivity contribution in [3.63, 3.8) is 0 Å². The van der Waals surface area contributed by atoms with Crippen molar-refractivity contribution < 1.29 is 22.3 Å². The zero-order valence-corrected chi connectivity index (χ0v) is 16.4. The summed E-state index contributed by atoms with van der Waals surface area (Å²) in [5, 5.41) is 16.2. The summed E-state index contributed by atoms with van der Waals surface area (Å²) in [5.41, 5.74) is 0.290. The third-order valence-electron chi connectivity index (χ3n) is 3.75. The summed E-state index contributed by atoms with van der Waals surface area (Å²) in [6, 6.07) is 3.77. The number of halogens is 4. The fourth-order valence-electron chi connectivity index (χ4n) is 2.55. The van der Waals surface area contributed by atoms with Gasteiger partial charge in [0.15, 0.2) is 17.2 Å². The molecule has 0 fully saturated rings. The normalized spacial score (nSPS) is 12.7. The molecule has 4 aromatic rings. The van der Waals surface area contributed by atoms with Crippen LogP contribution in [-0.2, 0) is 0 Å². The Bertz CT molecular complexity index is 1260. The largest absolute Gasteiger partial charge is 0.573 e. The maximum absolute atomic E-state index is 12.5. The van der Waals surface area contributed by atoms with Gasteiger partial charge in [-0.05, 0) is 6.92 Å². The molecule has 0 spiro atoms. The molecular formula is C16H9ClF3N7O2S. The Morgan fingerprint density at radius 1 is 1.37 bits per heavy atom. The van der Waals surface area contributed by atoms with E-state index in [9.17, 15) is 13.2 Å². The molecule has 1 N–H and O–H groups in total. The Hall–Kier alpha value is -3.37. The van der Waals surface area contributed by atoms with Crippen LogP contribution >= 0.6 is 22.9 Å². The first-order valence-electron chi connectivity index (χ1n) is 8.12. The van der Waals surface area contributed by atoms with Gasteiger partial charge >= 0.3 is 6.36 Å². The maximum Gasteiger partial charge on any atom is 0.573 e. The minimum absolute atomic E-state index is 0.0316. The van der Waals surface area contributed by atoms with Gasteiger partial charge < -0.3 is 14.5 Å². The molecule has 9 nitrogen and oxygen atoms in total. The highest BCUT2D eigenvalue weighted by molar-refractivity contribution is 7.14. The predicted molar refractivity (Wildman–Crippen MR) is 99.5 cm³/mol. The number of hydrogen-bond acceptors (Lipinski definition) is 9. The van der Waals surface area contributed by atoms with Crippen molar-refractivity contribution in [3.05, 3.63) is 40.4 Å². The molecule has 30 heavy (non-hydrogen) atoms. The number of aromatic nitrogens is 5. The number of ether oxygens (including phenoxy) is 1. The van der Waals surface area contributed by atoms with Gasteiger partial charge in [0.05, 0.1) is 17.3 Å². The van der Waals surface area contributed by atoms with Gasteiger partial charge in [-0.1, -0.05) is 22.9 Å². The summed E-state index contributed by atoms with van der Waals surface area (Å²) in [4.78, 5) is 12.8. The van der Waals surface area contributed by atoms with E-state index in [4.69, 9.17) is 21.3 Å². The van der Waals surface area contributed by atoms with Gasteiger partial charge in [0.1, 0.15) is 22.8 Å². The van der Waals surface area contributed by atoms with E-state index in [2.05, 4.69) is 30.1 Å². The number of oxazole rings is 1. The molecule has 1 atom stereocenters. The summed E-state index contributed by atoms with van der Waals surface area (Å²) in [7, 11) is 0. The van der Waals surface area contributed by atoms with Gasteiger partial charge in [0.25, 0.3) is 6.01 Å². The molecule has 0 bridgehead atoms. The number of nitrogens with one attached hydrogen (secondary N) is 1. The topological polar surface area (TPSA) is 115 Å². The van der Waals surface area contributed by atoms with Crippen molar-refractivity contribution in [3.8, 4) is 17.0 Å². The van der Waals surface area contributed by atoms with Gasteiger partial charge in [-0.2, -0.15) is 20.0 Å². The molecule has 154 valence electrons. The third-order valence-corrected chi connectivity index (χ3v) is 4.93. The van der Waals surface area contributed by atoms with E-state index in [1.807, 2.05) is 6.07 Å². The molecule has 0 amide bonds. The number of fused-ring (bicyclic) bond motifs is 1. The molecule has 14 heteroatoms. The number of hydrogen-bond donors (Lipinski definition) is 1. The summed E-state index contributed by atoms with van der Waals surface area (Å²) in [5.74, 6) is -0.128. The second kappa shape index (κ2) is 7.47. The van der Waals surface area contributed by atoms with E-state index in [0.717, 1.165) is 17.4 Å². The number of rotatable bonds is 5. The van der Waals surface area contributed by atoms with Crippen LogP contribution in [-0.4, -0.2) is 31.1 Å². The second-order valence-electron chi connectivity index (χ2n) is 5.83. The van der Waals surface area contributed by atoms with Gasteiger partial charge in [0, 0.05) is 12.1 Å². The van der Waals surface area contributed by atoms with E-state index in [1.54, 1.807) is 6.92 Å². The number of alkyl halides is 3. The fraction of sp³-hybridized carbons (Fsp3) is 0.188. The number of thiazole rings is 1. The first-order valence-corrected chi connectivity index (χ1v) is 9.31. The number of benzene rings is 1. The summed E-state index contributed by atoms with van der Waals surface area (Å²) < 4.78 is 48.3. The highest BCUT2D eigenvalue weighted by Gasteiger charge is 2.32. The van der Waals surface area contributed by atoms with E-state index < -0.39 is 18.2 Å². The predicted octanol–water partition coefficient (Wildman–Crippen LogP) is 4.46. The first kappa shape index (κ1) is 19.9. The Labute approximate surface area is 174 Å². The lowest BCUT2D eigenvalue weighted by molar-refractivity contribution is -0.274. The van der Waals surface area contributed by atoms with Gasteiger partial charge in [0.2, 0.25) is 5.13 Å². The molecule has 3 aromatic heterocycles. The third kappa shape index (κ3) is 4.00. The van der Waals surface area contributed by atoms with Crippen LogP contribution in [0.4, 0.5) is 19.2 Å². The average molecular weight is 456 g/mol.